The fraction of sp³-hybridized carbons (Fsp3) is 0.200. The van der Waals surface area contributed by atoms with E-state index in [9.17, 15) is 4.79 Å². The highest BCUT2D eigenvalue weighted by Crippen LogP contribution is 2.14. The van der Waals surface area contributed by atoms with Gasteiger partial charge in [-0.3, -0.25) is 4.99 Å². The van der Waals surface area contributed by atoms with E-state index in [2.05, 4.69) is 32.9 Å². The van der Waals surface area contributed by atoms with Gasteiger partial charge in [0, 0.05) is 23.2 Å². The van der Waals surface area contributed by atoms with Crippen LogP contribution in [-0.2, 0) is 0 Å². The van der Waals surface area contributed by atoms with Crippen molar-refractivity contribution in [3.05, 3.63) is 32.9 Å². The molecule has 0 aliphatic heterocycles. The number of hydrogen-bond donors (Lipinski definition) is 2. The normalized spacial score (nSPS) is 11.3. The van der Waals surface area contributed by atoms with E-state index >= 15 is 0 Å². The molecule has 0 spiro atoms. The van der Waals surface area contributed by atoms with Crippen LogP contribution < -0.4 is 5.32 Å². The zero-order valence-electron chi connectivity index (χ0n) is 8.41. The summed E-state index contributed by atoms with van der Waals surface area (Å²) in [6.45, 7) is 0. The van der Waals surface area contributed by atoms with Crippen LogP contribution in [0.2, 0.25) is 0 Å². The summed E-state index contributed by atoms with van der Waals surface area (Å²) in [6.07, 6.45) is 0. The van der Waals surface area contributed by atoms with Gasteiger partial charge in [-0.2, -0.15) is 0 Å². The van der Waals surface area contributed by atoms with Gasteiger partial charge in [0.05, 0.1) is 5.56 Å². The van der Waals surface area contributed by atoms with Crippen LogP contribution in [0.5, 0.6) is 0 Å². The van der Waals surface area contributed by atoms with Crippen molar-refractivity contribution in [2.45, 2.75) is 0 Å². The first-order chi connectivity index (χ1) is 7.10. The number of carboxylic acid groups (broad SMARTS) is 1. The van der Waals surface area contributed by atoms with Gasteiger partial charge in [0.15, 0.2) is 0 Å². The Kier molecular flexibility index (Phi) is 4.07. The zero-order chi connectivity index (χ0) is 11.4. The lowest BCUT2D eigenvalue weighted by atomic mass is 10.1. The van der Waals surface area contributed by atoms with Crippen LogP contribution in [0, 0.1) is 3.57 Å². The van der Waals surface area contributed by atoms with E-state index in [4.69, 9.17) is 5.11 Å². The third-order valence-electron chi connectivity index (χ3n) is 1.93. The predicted octanol–water partition coefficient (Wildman–Crippen LogP) is 1.59. The molecule has 80 valence electrons. The van der Waals surface area contributed by atoms with Crippen LogP contribution in [0.25, 0.3) is 0 Å². The second kappa shape index (κ2) is 5.11. The largest absolute Gasteiger partial charge is 0.478 e. The lowest BCUT2D eigenvalue weighted by Gasteiger charge is -2.08. The Morgan fingerprint density at radius 2 is 2.13 bits per heavy atom. The molecular weight excluding hydrogens is 307 g/mol. The van der Waals surface area contributed by atoms with Crippen molar-refractivity contribution in [2.75, 3.05) is 14.1 Å². The third kappa shape index (κ3) is 2.68. The molecule has 0 saturated heterocycles. The molecule has 0 saturated carbocycles. The van der Waals surface area contributed by atoms with Gasteiger partial charge in [-0.15, -0.1) is 0 Å². The van der Waals surface area contributed by atoms with Gasteiger partial charge < -0.3 is 10.4 Å². The number of carboxylic acids is 1. The fourth-order valence-electron chi connectivity index (χ4n) is 1.27. The van der Waals surface area contributed by atoms with Crippen molar-refractivity contribution >= 4 is 34.4 Å². The van der Waals surface area contributed by atoms with Crippen LogP contribution in [0.4, 0.5) is 0 Å². The molecule has 0 bridgehead atoms. The molecule has 2 N–H and O–H groups in total. The molecule has 15 heavy (non-hydrogen) atoms. The summed E-state index contributed by atoms with van der Waals surface area (Å²) in [5.41, 5.74) is 0.866. The van der Waals surface area contributed by atoms with Crippen LogP contribution >= 0.6 is 22.6 Å². The molecule has 1 aromatic rings. The number of amidine groups is 1. The number of nitrogens with zero attached hydrogens (tertiary/aromatic N) is 1. The number of aliphatic imine (C=N–C) groups is 1. The molecule has 0 heterocycles. The molecule has 4 nitrogen and oxygen atoms in total. The first kappa shape index (κ1) is 12.0. The van der Waals surface area contributed by atoms with Crippen molar-refractivity contribution in [1.29, 1.82) is 0 Å². The Bertz CT molecular complexity index is 416. The van der Waals surface area contributed by atoms with E-state index in [1.54, 1.807) is 26.2 Å². The maximum absolute atomic E-state index is 11.0. The quantitative estimate of drug-likeness (QED) is 0.494. The lowest BCUT2D eigenvalue weighted by Crippen LogP contribution is -2.22. The van der Waals surface area contributed by atoms with Crippen molar-refractivity contribution in [3.8, 4) is 0 Å². The van der Waals surface area contributed by atoms with E-state index in [1.165, 1.54) is 0 Å². The summed E-state index contributed by atoms with van der Waals surface area (Å²) >= 11 is 2.08. The molecule has 0 aliphatic rings. The van der Waals surface area contributed by atoms with Crippen LogP contribution in [0.1, 0.15) is 15.9 Å². The Morgan fingerprint density at radius 1 is 1.47 bits per heavy atom. The van der Waals surface area contributed by atoms with Crippen molar-refractivity contribution in [2.24, 2.45) is 4.99 Å². The van der Waals surface area contributed by atoms with Crippen LogP contribution in [0.3, 0.4) is 0 Å². The molecule has 0 fully saturated rings. The second-order valence-corrected chi connectivity index (χ2v) is 4.06. The van der Waals surface area contributed by atoms with Gasteiger partial charge >= 0.3 is 5.97 Å². The third-order valence-corrected chi connectivity index (χ3v) is 2.60. The van der Waals surface area contributed by atoms with Crippen LogP contribution in [0.15, 0.2) is 23.2 Å². The minimum Gasteiger partial charge on any atom is -0.478 e. The van der Waals surface area contributed by atoms with Crippen LogP contribution in [-0.4, -0.2) is 31.0 Å². The first-order valence-electron chi connectivity index (χ1n) is 4.28. The van der Waals surface area contributed by atoms with Crippen molar-refractivity contribution < 1.29 is 9.90 Å². The minimum absolute atomic E-state index is 0.261. The predicted molar refractivity (Wildman–Crippen MR) is 67.6 cm³/mol. The van der Waals surface area contributed by atoms with E-state index in [0.717, 1.165) is 3.57 Å². The topological polar surface area (TPSA) is 61.7 Å². The smallest absolute Gasteiger partial charge is 0.336 e. The molecule has 1 aromatic carbocycles. The fourth-order valence-corrected chi connectivity index (χ4v) is 1.76. The van der Waals surface area contributed by atoms with Gasteiger partial charge in [-0.05, 0) is 40.8 Å². The monoisotopic (exact) mass is 318 g/mol. The average Bonchev–Trinajstić information content (AvgIpc) is 2.21. The number of benzene rings is 1. The molecular formula is C10H11IN2O2. The van der Waals surface area contributed by atoms with Gasteiger partial charge in [-0.25, -0.2) is 4.79 Å². The number of rotatable bonds is 2. The molecule has 0 radical (unpaired) electrons. The van der Waals surface area contributed by atoms with Crippen molar-refractivity contribution in [3.63, 3.8) is 0 Å². The summed E-state index contributed by atoms with van der Waals surface area (Å²) < 4.78 is 0.889. The average molecular weight is 318 g/mol. The zero-order valence-corrected chi connectivity index (χ0v) is 10.6. The summed E-state index contributed by atoms with van der Waals surface area (Å²) in [7, 11) is 3.33. The summed E-state index contributed by atoms with van der Waals surface area (Å²) in [5.74, 6) is -0.372. The molecule has 0 amide bonds. The van der Waals surface area contributed by atoms with E-state index < -0.39 is 5.97 Å². The minimum atomic E-state index is -0.945. The number of nitrogens with one attached hydrogen (secondary N) is 1. The highest BCUT2D eigenvalue weighted by Gasteiger charge is 2.13. The molecule has 0 aromatic heterocycles. The maximum atomic E-state index is 11.0. The number of hydrogen-bond acceptors (Lipinski definition) is 2. The Balaban J connectivity index is 3.34. The Morgan fingerprint density at radius 3 is 2.60 bits per heavy atom. The van der Waals surface area contributed by atoms with Gasteiger partial charge in [0.2, 0.25) is 0 Å². The summed E-state index contributed by atoms with van der Waals surface area (Å²) in [4.78, 5) is 15.0. The number of aromatic carboxylic acids is 1. The maximum Gasteiger partial charge on any atom is 0.336 e. The Hall–Kier alpha value is -1.11. The summed E-state index contributed by atoms with van der Waals surface area (Å²) in [5, 5.41) is 11.9. The highest BCUT2D eigenvalue weighted by atomic mass is 127. The Labute approximate surface area is 102 Å². The van der Waals surface area contributed by atoms with E-state index in [-0.39, 0.29) is 5.56 Å². The molecule has 0 unspecified atom stereocenters. The van der Waals surface area contributed by atoms with Gasteiger partial charge in [-0.1, -0.05) is 0 Å². The number of carbonyl (C=O) groups is 1. The van der Waals surface area contributed by atoms with Crippen molar-refractivity contribution in [1.82, 2.24) is 5.32 Å². The summed E-state index contributed by atoms with van der Waals surface area (Å²) in [6, 6.07) is 5.23. The molecule has 5 heteroatoms. The van der Waals surface area contributed by atoms with Gasteiger partial charge in [0.1, 0.15) is 5.84 Å². The van der Waals surface area contributed by atoms with Gasteiger partial charge in [0.25, 0.3) is 0 Å². The second-order valence-electron chi connectivity index (χ2n) is 2.82. The molecule has 0 aliphatic carbocycles. The van der Waals surface area contributed by atoms with E-state index in [0.29, 0.717) is 11.4 Å². The standard InChI is InChI=1S/C10H11IN2O2/c1-12-9(13-2)7-4-3-6(11)5-8(7)10(14)15/h3-5H,1-2H3,(H,12,13)(H,14,15). The SMILES string of the molecule is CN=C(NC)c1ccc(I)cc1C(=O)O. The highest BCUT2D eigenvalue weighted by molar-refractivity contribution is 14.1. The number of halogens is 1. The lowest BCUT2D eigenvalue weighted by molar-refractivity contribution is 0.0696. The molecule has 1 rings (SSSR count). The van der Waals surface area contributed by atoms with E-state index in [1.807, 2.05) is 6.07 Å². The first-order valence-corrected chi connectivity index (χ1v) is 5.35. The molecule has 0 atom stereocenters.